The highest BCUT2D eigenvalue weighted by molar-refractivity contribution is 5.78. The maximum absolute atomic E-state index is 13.4. The number of carbonyl (C=O) groups is 4. The fourth-order valence-corrected chi connectivity index (χ4v) is 5.27. The van der Waals surface area contributed by atoms with Crippen LogP contribution >= 0.6 is 0 Å². The van der Waals surface area contributed by atoms with Crippen LogP contribution in [-0.2, 0) is 33.4 Å². The largest absolute Gasteiger partial charge is 0.459 e. The van der Waals surface area contributed by atoms with Crippen LogP contribution < -0.4 is 5.32 Å². The predicted molar refractivity (Wildman–Crippen MR) is 177 cm³/mol. The Morgan fingerprint density at radius 3 is 1.13 bits per heavy atom. The molecule has 0 aromatic carbocycles. The molecule has 1 amide bonds. The zero-order valence-corrected chi connectivity index (χ0v) is 30.1. The van der Waals surface area contributed by atoms with Crippen molar-refractivity contribution in [1.29, 1.82) is 0 Å². The van der Waals surface area contributed by atoms with E-state index in [0.717, 1.165) is 26.1 Å². The molecule has 0 aromatic rings. The highest BCUT2D eigenvalue weighted by atomic mass is 16.6. The quantitative estimate of drug-likeness (QED) is 0.297. The van der Waals surface area contributed by atoms with E-state index in [-0.39, 0.29) is 50.0 Å². The molecule has 0 bridgehead atoms. The van der Waals surface area contributed by atoms with Gasteiger partial charge in [-0.05, 0) is 75.3 Å². The van der Waals surface area contributed by atoms with Crippen LogP contribution in [0.3, 0.4) is 0 Å². The number of nitrogens with zero attached hydrogens (tertiary/aromatic N) is 5. The van der Waals surface area contributed by atoms with Gasteiger partial charge in [0.2, 0.25) is 5.91 Å². The summed E-state index contributed by atoms with van der Waals surface area (Å²) in [7, 11) is 0. The number of amides is 1. The fourth-order valence-electron chi connectivity index (χ4n) is 5.27. The lowest BCUT2D eigenvalue weighted by Gasteiger charge is -2.34. The lowest BCUT2D eigenvalue weighted by atomic mass is 10.2. The van der Waals surface area contributed by atoms with Gasteiger partial charge < -0.3 is 24.4 Å². The second-order valence-corrected chi connectivity index (χ2v) is 15.3. The molecular formula is C33H62N6O7. The van der Waals surface area contributed by atoms with Gasteiger partial charge in [0.15, 0.2) is 0 Å². The average Bonchev–Trinajstić information content (AvgIpc) is 3.16. The molecule has 46 heavy (non-hydrogen) atoms. The topological polar surface area (TPSA) is 124 Å². The fraction of sp³-hybridized carbons (Fsp3) is 0.879. The van der Waals surface area contributed by atoms with Crippen molar-refractivity contribution in [3.05, 3.63) is 0 Å². The van der Waals surface area contributed by atoms with Crippen LogP contribution in [0.25, 0.3) is 0 Å². The van der Waals surface area contributed by atoms with Gasteiger partial charge in [-0.1, -0.05) is 0 Å². The first-order chi connectivity index (χ1) is 21.3. The molecule has 2 aliphatic rings. The van der Waals surface area contributed by atoms with E-state index in [4.69, 9.17) is 14.2 Å². The Morgan fingerprint density at radius 1 is 0.478 bits per heavy atom. The molecule has 0 radical (unpaired) electrons. The summed E-state index contributed by atoms with van der Waals surface area (Å²) in [6, 6.07) is 0. The average molecular weight is 655 g/mol. The van der Waals surface area contributed by atoms with Crippen molar-refractivity contribution >= 4 is 23.8 Å². The molecule has 1 N–H and O–H groups in total. The number of esters is 3. The van der Waals surface area contributed by atoms with Crippen LogP contribution in [0.15, 0.2) is 0 Å². The van der Waals surface area contributed by atoms with Crippen molar-refractivity contribution in [3.8, 4) is 0 Å². The first-order valence-electron chi connectivity index (χ1n) is 16.8. The second kappa shape index (κ2) is 18.3. The van der Waals surface area contributed by atoms with Crippen molar-refractivity contribution in [1.82, 2.24) is 29.8 Å². The van der Waals surface area contributed by atoms with Gasteiger partial charge in [-0.25, -0.2) is 0 Å². The highest BCUT2D eigenvalue weighted by Gasteiger charge is 2.26. The summed E-state index contributed by atoms with van der Waals surface area (Å²) in [4.78, 5) is 62.1. The van der Waals surface area contributed by atoms with Gasteiger partial charge >= 0.3 is 17.9 Å². The normalized spacial score (nSPS) is 19.8. The van der Waals surface area contributed by atoms with Crippen LogP contribution in [0, 0.1) is 0 Å². The Balaban J connectivity index is 2.27. The Labute approximate surface area is 277 Å². The second-order valence-electron chi connectivity index (χ2n) is 15.3. The van der Waals surface area contributed by atoms with Crippen molar-refractivity contribution in [2.75, 3.05) is 105 Å². The summed E-state index contributed by atoms with van der Waals surface area (Å²) < 4.78 is 16.9. The minimum absolute atomic E-state index is 0.0803. The third-order valence-electron chi connectivity index (χ3n) is 7.30. The Kier molecular flexibility index (Phi) is 15.8. The summed E-state index contributed by atoms with van der Waals surface area (Å²) in [5, 5.41) is 3.35. The van der Waals surface area contributed by atoms with E-state index in [1.165, 1.54) is 0 Å². The van der Waals surface area contributed by atoms with Crippen LogP contribution in [0.2, 0.25) is 0 Å². The summed E-state index contributed by atoms with van der Waals surface area (Å²) in [5.74, 6) is -0.884. The zero-order valence-electron chi connectivity index (χ0n) is 30.1. The van der Waals surface area contributed by atoms with Crippen LogP contribution in [0.4, 0.5) is 0 Å². The van der Waals surface area contributed by atoms with Gasteiger partial charge in [0, 0.05) is 72.0 Å². The number of hydrogen-bond donors (Lipinski definition) is 1. The molecule has 0 atom stereocenters. The predicted octanol–water partition coefficient (Wildman–Crippen LogP) is 1.06. The van der Waals surface area contributed by atoms with E-state index in [1.54, 1.807) is 0 Å². The maximum Gasteiger partial charge on any atom is 0.320 e. The smallest absolute Gasteiger partial charge is 0.320 e. The zero-order chi connectivity index (χ0) is 34.5. The monoisotopic (exact) mass is 654 g/mol. The van der Waals surface area contributed by atoms with E-state index in [2.05, 4.69) is 10.2 Å². The standard InChI is InChI=1S/C33H62N6O7/c1-31(2,3)44-28(41)24-36-17-15-35(23-27(40)39-13-10-11-34-12-14-39)16-18-37(25-29(42)45-32(4,5)6)20-22-38(21-19-36)26-30(43)46-33(7,8)9/h34H,10-26H2,1-9H3. The van der Waals surface area contributed by atoms with Crippen LogP contribution in [0.5, 0.6) is 0 Å². The molecule has 13 nitrogen and oxygen atoms in total. The molecule has 266 valence electrons. The summed E-state index contributed by atoms with van der Waals surface area (Å²) in [6.07, 6.45) is 0.916. The Morgan fingerprint density at radius 2 is 0.804 bits per heavy atom. The van der Waals surface area contributed by atoms with Crippen molar-refractivity contribution in [3.63, 3.8) is 0 Å². The molecule has 0 aromatic heterocycles. The molecule has 0 aliphatic carbocycles. The van der Waals surface area contributed by atoms with Crippen molar-refractivity contribution in [2.24, 2.45) is 0 Å². The molecule has 13 heteroatoms. The van der Waals surface area contributed by atoms with E-state index >= 15 is 0 Å². The molecular weight excluding hydrogens is 592 g/mol. The summed E-state index contributed by atoms with van der Waals surface area (Å²) >= 11 is 0. The van der Waals surface area contributed by atoms with Crippen LogP contribution in [0.1, 0.15) is 68.7 Å². The molecule has 0 unspecified atom stereocenters. The van der Waals surface area contributed by atoms with Gasteiger partial charge in [-0.2, -0.15) is 0 Å². The molecule has 2 heterocycles. The first-order valence-corrected chi connectivity index (χ1v) is 16.8. The summed E-state index contributed by atoms with van der Waals surface area (Å²) in [5.41, 5.74) is -1.82. The third-order valence-corrected chi connectivity index (χ3v) is 7.30. The molecule has 2 fully saturated rings. The maximum atomic E-state index is 13.4. The van der Waals surface area contributed by atoms with E-state index in [0.29, 0.717) is 58.9 Å². The van der Waals surface area contributed by atoms with Gasteiger partial charge in [-0.15, -0.1) is 0 Å². The number of carbonyl (C=O) groups excluding carboxylic acids is 4. The molecule has 0 saturated carbocycles. The lowest BCUT2D eigenvalue weighted by molar-refractivity contribution is -0.158. The van der Waals surface area contributed by atoms with Crippen molar-refractivity contribution < 1.29 is 33.4 Å². The van der Waals surface area contributed by atoms with Gasteiger partial charge in [0.1, 0.15) is 16.8 Å². The van der Waals surface area contributed by atoms with E-state index in [1.807, 2.05) is 81.9 Å². The van der Waals surface area contributed by atoms with Gasteiger partial charge in [-0.3, -0.25) is 38.8 Å². The Bertz CT molecular complexity index is 934. The minimum Gasteiger partial charge on any atom is -0.459 e. The summed E-state index contributed by atoms with van der Waals surface area (Å²) in [6.45, 7) is 24.4. The lowest BCUT2D eigenvalue weighted by Crippen LogP contribution is -2.51. The van der Waals surface area contributed by atoms with Gasteiger partial charge in [0.05, 0.1) is 26.2 Å². The van der Waals surface area contributed by atoms with E-state index < -0.39 is 16.8 Å². The van der Waals surface area contributed by atoms with Crippen molar-refractivity contribution in [2.45, 2.75) is 85.5 Å². The van der Waals surface area contributed by atoms with Crippen LogP contribution in [-0.4, -0.2) is 170 Å². The molecule has 2 rings (SSSR count). The minimum atomic E-state index is -0.611. The molecule has 2 saturated heterocycles. The van der Waals surface area contributed by atoms with Gasteiger partial charge in [0.25, 0.3) is 0 Å². The third kappa shape index (κ3) is 18.1. The number of nitrogens with one attached hydrogen (secondary N) is 1. The molecule has 0 spiro atoms. The number of ether oxygens (including phenoxy) is 3. The SMILES string of the molecule is CC(C)(C)OC(=O)CN1CCN(CC(=O)OC(C)(C)C)CCN(CC(=O)N2CCCNCC2)CCN(CC(=O)OC(C)(C)C)CC1. The molecule has 2 aliphatic heterocycles. The highest BCUT2D eigenvalue weighted by Crippen LogP contribution is 2.11. The van der Waals surface area contributed by atoms with E-state index in [9.17, 15) is 19.2 Å². The number of rotatable bonds is 8. The Hall–Kier alpha value is -2.32. The number of hydrogen-bond acceptors (Lipinski definition) is 12. The first kappa shape index (κ1) is 39.9.